The van der Waals surface area contributed by atoms with Crippen molar-refractivity contribution in [1.82, 2.24) is 0 Å². The summed E-state index contributed by atoms with van der Waals surface area (Å²) in [5, 5.41) is 0. The van der Waals surface area contributed by atoms with E-state index in [9.17, 15) is 4.79 Å². The maximum Gasteiger partial charge on any atom is 0.137 e. The first-order valence-corrected chi connectivity index (χ1v) is 6.08. The van der Waals surface area contributed by atoms with E-state index in [-0.39, 0.29) is 0 Å². The molecule has 0 fully saturated rings. The minimum atomic E-state index is 0.321. The van der Waals surface area contributed by atoms with Gasteiger partial charge in [0.05, 0.1) is 0 Å². The molecule has 16 heavy (non-hydrogen) atoms. The molecular weight excluding hydrogens is 198 g/mol. The molecule has 0 aliphatic carbocycles. The van der Waals surface area contributed by atoms with E-state index in [1.165, 1.54) is 19.3 Å². The van der Waals surface area contributed by atoms with Crippen molar-refractivity contribution in [3.05, 3.63) is 29.8 Å². The third kappa shape index (κ3) is 4.96. The molecule has 0 saturated carbocycles. The van der Waals surface area contributed by atoms with Gasteiger partial charge in [-0.05, 0) is 24.1 Å². The zero-order valence-electron chi connectivity index (χ0n) is 10.0. The number of ketones is 1. The fourth-order valence-corrected chi connectivity index (χ4v) is 1.77. The first kappa shape index (κ1) is 12.8. The number of carbonyl (C=O) groups is 1. The third-order valence-corrected chi connectivity index (χ3v) is 2.66. The van der Waals surface area contributed by atoms with Gasteiger partial charge < -0.3 is 5.73 Å². The number of nitrogen functional groups attached to an aromatic ring is 1. The van der Waals surface area contributed by atoms with Crippen LogP contribution in [0.15, 0.2) is 24.3 Å². The van der Waals surface area contributed by atoms with Crippen LogP contribution < -0.4 is 5.73 Å². The van der Waals surface area contributed by atoms with Crippen molar-refractivity contribution in [2.45, 2.75) is 45.4 Å². The molecule has 1 aromatic rings. The Hall–Kier alpha value is -1.31. The lowest BCUT2D eigenvalue weighted by Gasteiger charge is -2.02. The minimum Gasteiger partial charge on any atom is -0.399 e. The molecule has 1 aromatic carbocycles. The summed E-state index contributed by atoms with van der Waals surface area (Å²) in [6.45, 7) is 2.18. The summed E-state index contributed by atoms with van der Waals surface area (Å²) in [5.74, 6) is 0.321. The van der Waals surface area contributed by atoms with Crippen LogP contribution in [0.4, 0.5) is 5.69 Å². The van der Waals surface area contributed by atoms with Crippen LogP contribution in [0.2, 0.25) is 0 Å². The average molecular weight is 219 g/mol. The van der Waals surface area contributed by atoms with Gasteiger partial charge in [-0.25, -0.2) is 0 Å². The van der Waals surface area contributed by atoms with Gasteiger partial charge in [-0.1, -0.05) is 38.3 Å². The quantitative estimate of drug-likeness (QED) is 0.564. The minimum absolute atomic E-state index is 0.321. The van der Waals surface area contributed by atoms with Crippen LogP contribution in [0, 0.1) is 0 Å². The zero-order chi connectivity index (χ0) is 11.8. The van der Waals surface area contributed by atoms with Crippen molar-refractivity contribution < 1.29 is 4.79 Å². The smallest absolute Gasteiger partial charge is 0.137 e. The molecule has 0 aliphatic rings. The molecule has 0 aliphatic heterocycles. The number of hydrogen-bond acceptors (Lipinski definition) is 2. The number of hydrogen-bond donors (Lipinski definition) is 1. The summed E-state index contributed by atoms with van der Waals surface area (Å²) in [4.78, 5) is 11.6. The van der Waals surface area contributed by atoms with Crippen molar-refractivity contribution in [3.63, 3.8) is 0 Å². The second-order valence-electron chi connectivity index (χ2n) is 4.27. The van der Waals surface area contributed by atoms with E-state index in [2.05, 4.69) is 6.92 Å². The highest BCUT2D eigenvalue weighted by atomic mass is 16.1. The lowest BCUT2D eigenvalue weighted by atomic mass is 10.0. The Morgan fingerprint density at radius 1 is 1.25 bits per heavy atom. The van der Waals surface area contributed by atoms with Crippen molar-refractivity contribution in [2.24, 2.45) is 0 Å². The Balaban J connectivity index is 2.29. The van der Waals surface area contributed by atoms with Crippen molar-refractivity contribution >= 4 is 11.5 Å². The number of unbranched alkanes of at least 4 members (excludes halogenated alkanes) is 3. The Bertz CT molecular complexity index is 333. The van der Waals surface area contributed by atoms with Gasteiger partial charge in [-0.15, -0.1) is 0 Å². The monoisotopic (exact) mass is 219 g/mol. The topological polar surface area (TPSA) is 43.1 Å². The molecule has 0 aromatic heterocycles. The number of carbonyl (C=O) groups excluding carboxylic acids is 1. The van der Waals surface area contributed by atoms with E-state index in [1.54, 1.807) is 0 Å². The summed E-state index contributed by atoms with van der Waals surface area (Å²) in [6, 6.07) is 7.58. The van der Waals surface area contributed by atoms with E-state index >= 15 is 0 Å². The Kier molecular flexibility index (Phi) is 5.62. The van der Waals surface area contributed by atoms with Gasteiger partial charge in [0.1, 0.15) is 5.78 Å². The molecule has 0 saturated heterocycles. The van der Waals surface area contributed by atoms with Crippen LogP contribution in [0.5, 0.6) is 0 Å². The van der Waals surface area contributed by atoms with Crippen LogP contribution in [0.25, 0.3) is 0 Å². The molecule has 0 spiro atoms. The number of benzene rings is 1. The summed E-state index contributed by atoms with van der Waals surface area (Å²) < 4.78 is 0. The van der Waals surface area contributed by atoms with E-state index in [0.717, 1.165) is 17.7 Å². The highest BCUT2D eigenvalue weighted by Crippen LogP contribution is 2.10. The molecule has 0 atom stereocenters. The van der Waals surface area contributed by atoms with Crippen LogP contribution in [-0.2, 0) is 11.2 Å². The van der Waals surface area contributed by atoms with Crippen molar-refractivity contribution in [1.29, 1.82) is 0 Å². The van der Waals surface area contributed by atoms with E-state index in [4.69, 9.17) is 5.73 Å². The van der Waals surface area contributed by atoms with Gasteiger partial charge in [-0.2, -0.15) is 0 Å². The predicted octanol–water partition coefficient (Wildman–Crippen LogP) is 3.35. The van der Waals surface area contributed by atoms with Gasteiger partial charge >= 0.3 is 0 Å². The number of nitrogens with two attached hydrogens (primary N) is 1. The average Bonchev–Trinajstić information content (AvgIpc) is 2.24. The molecule has 1 rings (SSSR count). The summed E-state index contributed by atoms with van der Waals surface area (Å²) in [7, 11) is 0. The Labute approximate surface area is 97.9 Å². The maximum atomic E-state index is 11.6. The van der Waals surface area contributed by atoms with Crippen LogP contribution in [0.3, 0.4) is 0 Å². The lowest BCUT2D eigenvalue weighted by Crippen LogP contribution is -2.02. The number of Topliss-reactive ketones (excluding diaryl/α,β-unsaturated/α-hetero) is 1. The predicted molar refractivity (Wildman–Crippen MR) is 68.3 cm³/mol. The zero-order valence-corrected chi connectivity index (χ0v) is 10.0. The molecule has 88 valence electrons. The largest absolute Gasteiger partial charge is 0.399 e. The molecule has 2 nitrogen and oxygen atoms in total. The fraction of sp³-hybridized carbons (Fsp3) is 0.500. The summed E-state index contributed by atoms with van der Waals surface area (Å²) in [5.41, 5.74) is 7.42. The molecule has 0 radical (unpaired) electrons. The Morgan fingerprint density at radius 3 is 2.75 bits per heavy atom. The third-order valence-electron chi connectivity index (χ3n) is 2.66. The van der Waals surface area contributed by atoms with Gasteiger partial charge in [0, 0.05) is 18.5 Å². The van der Waals surface area contributed by atoms with Crippen LogP contribution >= 0.6 is 0 Å². The van der Waals surface area contributed by atoms with Crippen molar-refractivity contribution in [3.8, 4) is 0 Å². The first-order valence-electron chi connectivity index (χ1n) is 6.08. The highest BCUT2D eigenvalue weighted by molar-refractivity contribution is 5.81. The SMILES string of the molecule is CCCCCCC(=O)Cc1cccc(N)c1. The first-order chi connectivity index (χ1) is 7.72. The fourth-order valence-electron chi connectivity index (χ4n) is 1.77. The van der Waals surface area contributed by atoms with Gasteiger partial charge in [0.2, 0.25) is 0 Å². The molecule has 0 amide bonds. The Morgan fingerprint density at radius 2 is 2.06 bits per heavy atom. The maximum absolute atomic E-state index is 11.6. The second kappa shape index (κ2) is 7.04. The lowest BCUT2D eigenvalue weighted by molar-refractivity contribution is -0.118. The van der Waals surface area contributed by atoms with Gasteiger partial charge in [-0.3, -0.25) is 4.79 Å². The van der Waals surface area contributed by atoms with Gasteiger partial charge in [0.25, 0.3) is 0 Å². The van der Waals surface area contributed by atoms with E-state index in [1.807, 2.05) is 24.3 Å². The molecule has 2 N–H and O–H groups in total. The van der Waals surface area contributed by atoms with Crippen LogP contribution in [0.1, 0.15) is 44.6 Å². The normalized spacial score (nSPS) is 10.3. The standard InChI is InChI=1S/C14H21NO/c1-2-3-4-5-9-14(16)11-12-7-6-8-13(15)10-12/h6-8,10H,2-5,9,11,15H2,1H3. The second-order valence-corrected chi connectivity index (χ2v) is 4.27. The molecular formula is C14H21NO. The highest BCUT2D eigenvalue weighted by Gasteiger charge is 2.03. The van der Waals surface area contributed by atoms with Crippen molar-refractivity contribution in [2.75, 3.05) is 5.73 Å². The van der Waals surface area contributed by atoms with E-state index in [0.29, 0.717) is 18.6 Å². The number of rotatable bonds is 7. The van der Waals surface area contributed by atoms with Crippen LogP contribution in [-0.4, -0.2) is 5.78 Å². The molecule has 2 heteroatoms. The van der Waals surface area contributed by atoms with E-state index < -0.39 is 0 Å². The summed E-state index contributed by atoms with van der Waals surface area (Å²) >= 11 is 0. The summed E-state index contributed by atoms with van der Waals surface area (Å²) in [6.07, 6.45) is 5.86. The molecule has 0 bridgehead atoms. The number of anilines is 1. The molecule has 0 unspecified atom stereocenters. The molecule has 0 heterocycles. The van der Waals surface area contributed by atoms with Gasteiger partial charge in [0.15, 0.2) is 0 Å².